The number of carbonyl (C=O) groups is 2. The Bertz CT molecular complexity index is 376. The third kappa shape index (κ3) is 4.98. The summed E-state index contributed by atoms with van der Waals surface area (Å²) < 4.78 is 17.3. The van der Waals surface area contributed by atoms with E-state index in [2.05, 4.69) is 24.1 Å². The van der Waals surface area contributed by atoms with Crippen LogP contribution in [0.5, 0.6) is 0 Å². The van der Waals surface area contributed by atoms with E-state index in [1.54, 1.807) is 20.8 Å². The largest absolute Gasteiger partial charge is 0.444 e. The van der Waals surface area contributed by atoms with Crippen LogP contribution in [-0.4, -0.2) is 23.7 Å². The van der Waals surface area contributed by atoms with Crippen molar-refractivity contribution in [3.05, 3.63) is 0 Å². The average molecular weight is 289 g/mol. The Morgan fingerprint density at radius 3 is 2.35 bits per heavy atom. The van der Waals surface area contributed by atoms with Gasteiger partial charge >= 0.3 is 12.1 Å². The first-order valence-corrected chi connectivity index (χ1v) is 6.86. The lowest BCUT2D eigenvalue weighted by Crippen LogP contribution is -2.47. The Labute approximate surface area is 119 Å². The molecule has 0 aromatic heterocycles. The van der Waals surface area contributed by atoms with Crippen molar-refractivity contribution in [3.8, 4) is 0 Å². The highest BCUT2D eigenvalue weighted by Crippen LogP contribution is 2.42. The molecule has 0 spiro atoms. The SMILES string of the molecule is CC1(C)CCC(C(NC(=O)OC(C)(C)C)C(=O)OF)C1. The standard InChI is InChI=1S/C14H24FNO4/c1-13(2,3)19-12(18)16-10(11(17)20-15)9-6-7-14(4,5)8-9/h9-10H,6-8H2,1-5H3,(H,16,18). The Morgan fingerprint density at radius 2 is 1.95 bits per heavy atom. The normalized spacial score (nSPS) is 23.0. The molecule has 1 amide bonds. The van der Waals surface area contributed by atoms with Crippen LogP contribution in [0.1, 0.15) is 53.9 Å². The van der Waals surface area contributed by atoms with Gasteiger partial charge in [0.25, 0.3) is 0 Å². The maximum Gasteiger partial charge on any atom is 0.408 e. The highest BCUT2D eigenvalue weighted by atomic mass is 19.3. The highest BCUT2D eigenvalue weighted by Gasteiger charge is 2.41. The fourth-order valence-corrected chi connectivity index (χ4v) is 2.63. The number of carbonyl (C=O) groups excluding carboxylic acids is 2. The molecule has 0 heterocycles. The topological polar surface area (TPSA) is 64.6 Å². The molecule has 1 aliphatic rings. The van der Waals surface area contributed by atoms with Crippen LogP contribution in [0.4, 0.5) is 9.32 Å². The summed E-state index contributed by atoms with van der Waals surface area (Å²) in [5.74, 6) is -1.21. The number of hydrogen-bond acceptors (Lipinski definition) is 4. The van der Waals surface area contributed by atoms with Crippen LogP contribution in [-0.2, 0) is 14.5 Å². The quantitative estimate of drug-likeness (QED) is 0.867. The molecule has 1 fully saturated rings. The Morgan fingerprint density at radius 1 is 1.35 bits per heavy atom. The first-order chi connectivity index (χ1) is 9.04. The number of nitrogens with one attached hydrogen (secondary N) is 1. The summed E-state index contributed by atoms with van der Waals surface area (Å²) in [7, 11) is 0. The van der Waals surface area contributed by atoms with Crippen LogP contribution in [0.25, 0.3) is 0 Å². The molecular weight excluding hydrogens is 265 g/mol. The van der Waals surface area contributed by atoms with E-state index in [0.29, 0.717) is 0 Å². The summed E-state index contributed by atoms with van der Waals surface area (Å²) in [4.78, 5) is 26.6. The molecule has 0 saturated heterocycles. The van der Waals surface area contributed by atoms with E-state index < -0.39 is 23.7 Å². The van der Waals surface area contributed by atoms with Crippen molar-refractivity contribution in [1.82, 2.24) is 5.32 Å². The molecule has 20 heavy (non-hydrogen) atoms. The summed E-state index contributed by atoms with van der Waals surface area (Å²) >= 11 is 0. The zero-order chi connectivity index (χ0) is 15.6. The van der Waals surface area contributed by atoms with Crippen LogP contribution in [0, 0.1) is 11.3 Å². The molecule has 1 N–H and O–H groups in total. The Kier molecular flexibility index (Phi) is 5.00. The number of hydrogen-bond donors (Lipinski definition) is 1. The Hall–Kier alpha value is -1.33. The Balaban J connectivity index is 2.71. The van der Waals surface area contributed by atoms with Gasteiger partial charge in [-0.15, -0.1) is 0 Å². The zero-order valence-corrected chi connectivity index (χ0v) is 12.8. The van der Waals surface area contributed by atoms with E-state index in [1.165, 1.54) is 0 Å². The second-order valence-corrected chi connectivity index (χ2v) is 7.19. The lowest BCUT2D eigenvalue weighted by molar-refractivity contribution is -0.187. The van der Waals surface area contributed by atoms with Crippen molar-refractivity contribution in [1.29, 1.82) is 0 Å². The first kappa shape index (κ1) is 16.7. The molecule has 2 unspecified atom stereocenters. The van der Waals surface area contributed by atoms with Gasteiger partial charge in [0.1, 0.15) is 11.6 Å². The van der Waals surface area contributed by atoms with E-state index in [-0.39, 0.29) is 11.3 Å². The van der Waals surface area contributed by atoms with E-state index in [1.807, 2.05) is 0 Å². The van der Waals surface area contributed by atoms with Crippen LogP contribution < -0.4 is 5.32 Å². The van der Waals surface area contributed by atoms with Crippen LogP contribution in [0.3, 0.4) is 0 Å². The summed E-state index contributed by atoms with van der Waals surface area (Å²) in [6.07, 6.45) is 1.65. The fourth-order valence-electron chi connectivity index (χ4n) is 2.63. The molecule has 1 rings (SSSR count). The number of halogens is 1. The molecule has 6 heteroatoms. The van der Waals surface area contributed by atoms with Crippen molar-refractivity contribution in [2.75, 3.05) is 0 Å². The van der Waals surface area contributed by atoms with Gasteiger partial charge in [-0.3, -0.25) is 4.94 Å². The molecule has 0 aromatic carbocycles. The van der Waals surface area contributed by atoms with Crippen molar-refractivity contribution in [2.24, 2.45) is 11.3 Å². The van der Waals surface area contributed by atoms with Gasteiger partial charge in [0.05, 0.1) is 0 Å². The van der Waals surface area contributed by atoms with Gasteiger partial charge in [-0.25, -0.2) is 9.59 Å². The minimum Gasteiger partial charge on any atom is -0.444 e. The molecule has 1 aliphatic carbocycles. The maximum absolute atomic E-state index is 12.2. The predicted octanol–water partition coefficient (Wildman–Crippen LogP) is 3.13. The summed E-state index contributed by atoms with van der Waals surface area (Å²) in [6.45, 7) is 9.31. The van der Waals surface area contributed by atoms with Gasteiger partial charge < -0.3 is 10.1 Å². The second kappa shape index (κ2) is 5.97. The van der Waals surface area contributed by atoms with Gasteiger partial charge in [0, 0.05) is 4.53 Å². The van der Waals surface area contributed by atoms with Crippen molar-refractivity contribution in [2.45, 2.75) is 65.5 Å². The van der Waals surface area contributed by atoms with E-state index >= 15 is 0 Å². The van der Waals surface area contributed by atoms with Crippen molar-refractivity contribution >= 4 is 12.1 Å². The predicted molar refractivity (Wildman–Crippen MR) is 71.5 cm³/mol. The molecule has 116 valence electrons. The molecule has 0 radical (unpaired) electrons. The molecule has 5 nitrogen and oxygen atoms in total. The third-order valence-corrected chi connectivity index (χ3v) is 3.48. The molecule has 0 bridgehead atoms. The van der Waals surface area contributed by atoms with Crippen LogP contribution >= 0.6 is 0 Å². The fraction of sp³-hybridized carbons (Fsp3) is 0.857. The molecule has 0 aliphatic heterocycles. The molecular formula is C14H24FNO4. The highest BCUT2D eigenvalue weighted by molar-refractivity contribution is 5.81. The maximum atomic E-state index is 12.2. The third-order valence-electron chi connectivity index (χ3n) is 3.48. The minimum atomic E-state index is -1.07. The summed E-state index contributed by atoms with van der Waals surface area (Å²) in [5, 5.41) is 2.43. The van der Waals surface area contributed by atoms with Gasteiger partial charge in [-0.05, 0) is 51.4 Å². The van der Waals surface area contributed by atoms with Gasteiger partial charge in [0.15, 0.2) is 0 Å². The zero-order valence-electron chi connectivity index (χ0n) is 12.8. The summed E-state index contributed by atoms with van der Waals surface area (Å²) in [6, 6.07) is -1.00. The molecule has 0 aromatic rings. The van der Waals surface area contributed by atoms with Gasteiger partial charge in [-0.2, -0.15) is 0 Å². The van der Waals surface area contributed by atoms with E-state index in [4.69, 9.17) is 4.74 Å². The lowest BCUT2D eigenvalue weighted by Gasteiger charge is -2.25. The smallest absolute Gasteiger partial charge is 0.408 e. The van der Waals surface area contributed by atoms with Gasteiger partial charge in [-0.1, -0.05) is 13.8 Å². The van der Waals surface area contributed by atoms with Gasteiger partial charge in [0.2, 0.25) is 0 Å². The van der Waals surface area contributed by atoms with Crippen molar-refractivity contribution < 1.29 is 23.8 Å². The summed E-state index contributed by atoms with van der Waals surface area (Å²) in [5.41, 5.74) is -0.599. The number of rotatable bonds is 3. The molecule has 1 saturated carbocycles. The van der Waals surface area contributed by atoms with Crippen LogP contribution in [0.2, 0.25) is 0 Å². The number of amides is 1. The first-order valence-electron chi connectivity index (χ1n) is 6.86. The van der Waals surface area contributed by atoms with E-state index in [0.717, 1.165) is 19.3 Å². The van der Waals surface area contributed by atoms with E-state index in [9.17, 15) is 14.1 Å². The number of ether oxygens (including phenoxy) is 1. The number of alkyl carbamates (subject to hydrolysis) is 1. The lowest BCUT2D eigenvalue weighted by atomic mass is 9.88. The second-order valence-electron chi connectivity index (χ2n) is 7.19. The van der Waals surface area contributed by atoms with Crippen molar-refractivity contribution in [3.63, 3.8) is 0 Å². The monoisotopic (exact) mass is 289 g/mol. The molecule has 2 atom stereocenters. The minimum absolute atomic E-state index is 0.0785. The average Bonchev–Trinajstić information content (AvgIpc) is 2.63. The van der Waals surface area contributed by atoms with Crippen LogP contribution in [0.15, 0.2) is 0 Å².